The quantitative estimate of drug-likeness (QED) is 0.780. The highest BCUT2D eigenvalue weighted by molar-refractivity contribution is 6.34. The lowest BCUT2D eigenvalue weighted by molar-refractivity contribution is 0.0696. The largest absolute Gasteiger partial charge is 0.478 e. The summed E-state index contributed by atoms with van der Waals surface area (Å²) in [6, 6.07) is 1.27. The predicted molar refractivity (Wildman–Crippen MR) is 48.8 cm³/mol. The Morgan fingerprint density at radius 2 is 2.36 bits per heavy atom. The summed E-state index contributed by atoms with van der Waals surface area (Å²) < 4.78 is 4.92. The van der Waals surface area contributed by atoms with Crippen molar-refractivity contribution in [1.29, 1.82) is 0 Å². The summed E-state index contributed by atoms with van der Waals surface area (Å²) in [7, 11) is 0. The minimum atomic E-state index is -1.15. The van der Waals surface area contributed by atoms with Crippen LogP contribution in [0.3, 0.4) is 0 Å². The lowest BCUT2D eigenvalue weighted by atomic mass is 10.3. The molecule has 0 aliphatic carbocycles. The SMILES string of the molecule is O=C(O)c1ccnc(OCCO)c1Cl. The van der Waals surface area contributed by atoms with Crippen molar-refractivity contribution in [3.8, 4) is 5.88 Å². The van der Waals surface area contributed by atoms with E-state index in [1.807, 2.05) is 0 Å². The number of nitrogens with zero attached hydrogens (tertiary/aromatic N) is 1. The second-order valence-corrected chi connectivity index (χ2v) is 2.73. The van der Waals surface area contributed by atoms with Gasteiger partial charge in [0, 0.05) is 6.20 Å². The van der Waals surface area contributed by atoms with Gasteiger partial charge in [0.05, 0.1) is 12.2 Å². The molecule has 1 aromatic rings. The molecule has 0 unspecified atom stereocenters. The zero-order valence-corrected chi connectivity index (χ0v) is 7.86. The van der Waals surface area contributed by atoms with Gasteiger partial charge in [-0.3, -0.25) is 0 Å². The van der Waals surface area contributed by atoms with Gasteiger partial charge in [-0.05, 0) is 6.07 Å². The van der Waals surface area contributed by atoms with Crippen LogP contribution in [0.4, 0.5) is 0 Å². The van der Waals surface area contributed by atoms with Crippen LogP contribution < -0.4 is 4.74 Å². The molecule has 0 saturated carbocycles. The van der Waals surface area contributed by atoms with Gasteiger partial charge < -0.3 is 14.9 Å². The molecule has 1 heterocycles. The molecule has 14 heavy (non-hydrogen) atoms. The third kappa shape index (κ3) is 2.34. The lowest BCUT2D eigenvalue weighted by Gasteiger charge is -2.06. The van der Waals surface area contributed by atoms with E-state index >= 15 is 0 Å². The minimum Gasteiger partial charge on any atom is -0.478 e. The number of halogens is 1. The van der Waals surface area contributed by atoms with Gasteiger partial charge >= 0.3 is 5.97 Å². The number of aliphatic hydroxyl groups is 1. The molecule has 6 heteroatoms. The summed E-state index contributed by atoms with van der Waals surface area (Å²) >= 11 is 5.69. The molecule has 1 aromatic heterocycles. The number of carboxylic acids is 1. The maximum absolute atomic E-state index is 10.6. The fraction of sp³-hybridized carbons (Fsp3) is 0.250. The monoisotopic (exact) mass is 217 g/mol. The summed E-state index contributed by atoms with van der Waals surface area (Å²) in [6.45, 7) is -0.162. The van der Waals surface area contributed by atoms with E-state index in [-0.39, 0.29) is 29.7 Å². The number of aliphatic hydroxyl groups excluding tert-OH is 1. The molecule has 5 nitrogen and oxygen atoms in total. The number of carbonyl (C=O) groups is 1. The molecule has 0 bridgehead atoms. The first kappa shape index (κ1) is 10.7. The Bertz CT molecular complexity index is 342. The number of hydrogen-bond acceptors (Lipinski definition) is 4. The average Bonchev–Trinajstić information content (AvgIpc) is 2.16. The third-order valence-corrected chi connectivity index (χ3v) is 1.78. The van der Waals surface area contributed by atoms with Gasteiger partial charge in [0.25, 0.3) is 0 Å². The van der Waals surface area contributed by atoms with Crippen molar-refractivity contribution in [2.45, 2.75) is 0 Å². The normalized spacial score (nSPS) is 9.86. The second-order valence-electron chi connectivity index (χ2n) is 2.35. The van der Waals surface area contributed by atoms with Crippen molar-refractivity contribution in [2.75, 3.05) is 13.2 Å². The van der Waals surface area contributed by atoms with Crippen LogP contribution in [0.2, 0.25) is 5.02 Å². The van der Waals surface area contributed by atoms with E-state index in [0.717, 1.165) is 0 Å². The first-order valence-electron chi connectivity index (χ1n) is 3.78. The summed E-state index contributed by atoms with van der Waals surface area (Å²) in [4.78, 5) is 14.4. The van der Waals surface area contributed by atoms with E-state index in [9.17, 15) is 4.79 Å². The molecule has 0 aliphatic heterocycles. The Morgan fingerprint density at radius 1 is 1.64 bits per heavy atom. The summed E-state index contributed by atoms with van der Waals surface area (Å²) in [5, 5.41) is 17.1. The standard InChI is InChI=1S/C8H8ClNO4/c9-6-5(8(12)13)1-2-10-7(6)14-4-3-11/h1-2,11H,3-4H2,(H,12,13). The van der Waals surface area contributed by atoms with Crippen LogP contribution >= 0.6 is 11.6 Å². The molecule has 0 atom stereocenters. The molecule has 0 aromatic carbocycles. The molecule has 0 spiro atoms. The summed E-state index contributed by atoms with van der Waals surface area (Å²) in [5.74, 6) is -1.13. The Balaban J connectivity index is 2.95. The van der Waals surface area contributed by atoms with Crippen molar-refractivity contribution in [1.82, 2.24) is 4.98 Å². The van der Waals surface area contributed by atoms with Crippen LogP contribution in [0.15, 0.2) is 12.3 Å². The van der Waals surface area contributed by atoms with Crippen LogP contribution in [0.1, 0.15) is 10.4 Å². The van der Waals surface area contributed by atoms with Gasteiger partial charge in [-0.2, -0.15) is 0 Å². The van der Waals surface area contributed by atoms with Crippen LogP contribution in [0.5, 0.6) is 5.88 Å². The number of carboxylic acid groups (broad SMARTS) is 1. The van der Waals surface area contributed by atoms with Gasteiger partial charge in [0.15, 0.2) is 0 Å². The zero-order chi connectivity index (χ0) is 10.6. The van der Waals surface area contributed by atoms with E-state index in [2.05, 4.69) is 4.98 Å². The highest BCUT2D eigenvalue weighted by Gasteiger charge is 2.13. The third-order valence-electron chi connectivity index (χ3n) is 1.42. The molecule has 1 rings (SSSR count). The maximum Gasteiger partial charge on any atom is 0.337 e. The van der Waals surface area contributed by atoms with E-state index < -0.39 is 5.97 Å². The molecule has 0 aliphatic rings. The van der Waals surface area contributed by atoms with Gasteiger partial charge in [-0.25, -0.2) is 9.78 Å². The number of aromatic carboxylic acids is 1. The number of ether oxygens (including phenoxy) is 1. The lowest BCUT2D eigenvalue weighted by Crippen LogP contribution is -2.06. The predicted octanol–water partition coefficient (Wildman–Crippen LogP) is 0.804. The fourth-order valence-electron chi connectivity index (χ4n) is 0.833. The van der Waals surface area contributed by atoms with Crippen LogP contribution in [0, 0.1) is 0 Å². The first-order valence-corrected chi connectivity index (χ1v) is 4.16. The average molecular weight is 218 g/mol. The van der Waals surface area contributed by atoms with E-state index in [4.69, 9.17) is 26.6 Å². The second kappa shape index (κ2) is 4.78. The van der Waals surface area contributed by atoms with Crippen molar-refractivity contribution < 1.29 is 19.7 Å². The van der Waals surface area contributed by atoms with Gasteiger partial charge in [-0.1, -0.05) is 11.6 Å². The topological polar surface area (TPSA) is 79.7 Å². The van der Waals surface area contributed by atoms with E-state index in [1.54, 1.807) is 0 Å². The van der Waals surface area contributed by atoms with Crippen molar-refractivity contribution in [2.24, 2.45) is 0 Å². The van der Waals surface area contributed by atoms with Gasteiger partial charge in [-0.15, -0.1) is 0 Å². The van der Waals surface area contributed by atoms with Crippen LogP contribution in [-0.2, 0) is 0 Å². The molecule has 2 N–H and O–H groups in total. The smallest absolute Gasteiger partial charge is 0.337 e. The Kier molecular flexibility index (Phi) is 3.67. The Hall–Kier alpha value is -1.33. The van der Waals surface area contributed by atoms with Crippen molar-refractivity contribution in [3.05, 3.63) is 22.8 Å². The first-order chi connectivity index (χ1) is 6.66. The van der Waals surface area contributed by atoms with E-state index in [0.29, 0.717) is 0 Å². The number of pyridine rings is 1. The summed E-state index contributed by atoms with van der Waals surface area (Å²) in [6.07, 6.45) is 1.28. The Morgan fingerprint density at radius 3 is 2.93 bits per heavy atom. The molecular formula is C8H8ClNO4. The van der Waals surface area contributed by atoms with Gasteiger partial charge in [0.2, 0.25) is 5.88 Å². The minimum absolute atomic E-state index is 0.0145. The molecule has 76 valence electrons. The van der Waals surface area contributed by atoms with Crippen LogP contribution in [-0.4, -0.2) is 34.4 Å². The fourth-order valence-corrected chi connectivity index (χ4v) is 1.08. The van der Waals surface area contributed by atoms with Crippen LogP contribution in [0.25, 0.3) is 0 Å². The number of hydrogen-bond donors (Lipinski definition) is 2. The number of rotatable bonds is 4. The highest BCUT2D eigenvalue weighted by Crippen LogP contribution is 2.25. The molecular weight excluding hydrogens is 210 g/mol. The summed E-state index contributed by atoms with van der Waals surface area (Å²) in [5.41, 5.74) is -0.0744. The molecule has 0 amide bonds. The molecule has 0 radical (unpaired) electrons. The van der Waals surface area contributed by atoms with Crippen molar-refractivity contribution in [3.63, 3.8) is 0 Å². The highest BCUT2D eigenvalue weighted by atomic mass is 35.5. The zero-order valence-electron chi connectivity index (χ0n) is 7.11. The molecule has 0 fully saturated rings. The maximum atomic E-state index is 10.6. The van der Waals surface area contributed by atoms with E-state index in [1.165, 1.54) is 12.3 Å². The Labute approximate surface area is 84.9 Å². The van der Waals surface area contributed by atoms with Gasteiger partial charge in [0.1, 0.15) is 11.6 Å². The number of aromatic nitrogens is 1. The molecule has 0 saturated heterocycles. The van der Waals surface area contributed by atoms with Crippen molar-refractivity contribution >= 4 is 17.6 Å².